The van der Waals surface area contributed by atoms with Crippen LogP contribution >= 0.6 is 0 Å². The highest BCUT2D eigenvalue weighted by atomic mass is 16.5. The fourth-order valence-electron chi connectivity index (χ4n) is 4.51. The Morgan fingerprint density at radius 3 is 0.583 bits per heavy atom. The van der Waals surface area contributed by atoms with Gasteiger partial charge >= 0.3 is 0 Å². The van der Waals surface area contributed by atoms with Crippen molar-refractivity contribution in [2.24, 2.45) is 0 Å². The van der Waals surface area contributed by atoms with Crippen molar-refractivity contribution in [3.8, 4) is 34.5 Å². The highest BCUT2D eigenvalue weighted by molar-refractivity contribution is 6.26. The van der Waals surface area contributed by atoms with Gasteiger partial charge in [0.05, 0.1) is 55.8 Å². The minimum atomic E-state index is -5.25. The third-order valence-corrected chi connectivity index (χ3v) is 6.52. The van der Waals surface area contributed by atoms with Gasteiger partial charge in [0.15, 0.2) is 34.5 Å². The van der Waals surface area contributed by atoms with Gasteiger partial charge in [-0.15, -0.1) is 0 Å². The summed E-state index contributed by atoms with van der Waals surface area (Å²) in [4.78, 5) is 0. The number of benzene rings is 4. The van der Waals surface area contributed by atoms with Crippen molar-refractivity contribution in [2.75, 3.05) is 39.4 Å². The third-order valence-electron chi connectivity index (χ3n) is 6.52. The summed E-state index contributed by atoms with van der Waals surface area (Å²) >= 11 is 0. The zero-order valence-corrected chi connectivity index (χ0v) is 29.9. The van der Waals surface area contributed by atoms with Crippen molar-refractivity contribution in [1.82, 2.24) is 0 Å². The van der Waals surface area contributed by atoms with Crippen LogP contribution in [0.1, 0.15) is 301 Å². The van der Waals surface area contributed by atoms with E-state index in [1.807, 2.05) is 0 Å². The minimum Gasteiger partial charge on any atom is -0.490 e. The molecule has 0 aliphatic rings. The molecule has 0 atom stereocenters. The summed E-state index contributed by atoms with van der Waals surface area (Å²) in [7, 11) is 0. The maximum atomic E-state index is 9.11. The lowest BCUT2D eigenvalue weighted by Gasteiger charge is -2.21. The largest absolute Gasteiger partial charge is 0.490 e. The van der Waals surface area contributed by atoms with Crippen LogP contribution in [0, 0.1) is 0 Å². The molecule has 0 aliphatic carbocycles. The van der Waals surface area contributed by atoms with Gasteiger partial charge in [-0.25, -0.2) is 0 Å². The number of hydrogen-bond donors (Lipinski definition) is 0. The molecule has 336 valence electrons. The maximum absolute atomic E-state index is 9.11. The summed E-state index contributed by atoms with van der Waals surface area (Å²) in [5, 5.41) is -9.49. The van der Waals surface area contributed by atoms with Gasteiger partial charge in [-0.05, 0) is 107 Å². The first-order valence-electron chi connectivity index (χ1n) is 54.7. The maximum Gasteiger partial charge on any atom is 0.161 e. The second-order valence-electron chi connectivity index (χ2n) is 9.76. The van der Waals surface area contributed by atoms with E-state index >= 15 is 0 Å². The topological polar surface area (TPSA) is 55.4 Å². The highest BCUT2D eigenvalue weighted by Gasteiger charge is 2.21. The lowest BCUT2D eigenvalue weighted by Crippen LogP contribution is -2.05. The van der Waals surface area contributed by atoms with Crippen LogP contribution in [0.15, 0.2) is 36.4 Å². The zero-order valence-electron chi connectivity index (χ0n) is 108. The van der Waals surface area contributed by atoms with Gasteiger partial charge in [-0.2, -0.15) is 0 Å². The summed E-state index contributed by atoms with van der Waals surface area (Å²) in [5.41, 5.74) is 0. The Morgan fingerprint density at radius 2 is 0.433 bits per heavy atom. The lowest BCUT2D eigenvalue weighted by atomic mass is 9.93. The Hall–Kier alpha value is -3.54. The molecule has 0 fully saturated rings. The Kier molecular flexibility index (Phi) is 4.54. The first kappa shape index (κ1) is 9.19. The van der Waals surface area contributed by atoms with Crippen molar-refractivity contribution in [3.05, 3.63) is 36.4 Å². The number of fused-ring (bicyclic) bond motifs is 6. The first-order valence-corrected chi connectivity index (χ1v) is 15.7. The summed E-state index contributed by atoms with van der Waals surface area (Å²) in [6.45, 7) is -58.1. The molecule has 60 heavy (non-hydrogen) atoms. The SMILES string of the molecule is [2H]C([2H])([2H])C([2H])([2H])C([2H])([2H])C([2H])([2H])C([2H])([2H])C([2H])([2H])Oc1cc2c3cc(OC([2H])([2H])C([2H])([2H])C([2H])([2H])C([2H])([2H])C([2H])([2H])C([2H])([2H])[2H])c(OC([2H])([2H])C([2H])([2H])C([2H])([2H])C([2H])([2H])C([2H])([2H])C([2H])([2H])[2H])cc3c3cc(OC([2H])([2H])C([2H])([2H])C([2H])([2H])C([2H])([2H])C([2H])([2H])C([2H])([2H])[2H])c(OC([2H])([2H])C([2H])([2H])C([2H])([2H])C([2H])([2H])C([2H])([2H])C([2H])([2H])[2H])cc3c2cc1OC([2H])([2H])C([2H])([2H])C([2H])([2H])C([2H])([2H])C([2H])([2H])C([2H])([2H])[2H]. The van der Waals surface area contributed by atoms with Crippen molar-refractivity contribution in [2.45, 2.75) is 194 Å². The fraction of sp³-hybridized carbons (Fsp3) is 0.667. The third kappa shape index (κ3) is 16.1. The highest BCUT2D eigenvalue weighted by Crippen LogP contribution is 2.47. The van der Waals surface area contributed by atoms with Crippen molar-refractivity contribution < 1.29 is 135 Å². The average molecular weight is 908 g/mol. The molecule has 0 unspecified atom stereocenters. The predicted molar refractivity (Wildman–Crippen MR) is 257 cm³/mol. The van der Waals surface area contributed by atoms with E-state index in [4.69, 9.17) is 135 Å². The smallest absolute Gasteiger partial charge is 0.161 e. The number of rotatable bonds is 36. The standard InChI is InChI=1S/C54H84O6/c1-7-13-19-25-31-55-49-37-43-44(38-50(49)56-32-26-20-14-8-2)46-40-52(58-34-28-22-16-10-4)54(60-36-30-24-18-12-6)42-48(46)47-41-53(59-35-29-23-17-11-5)51(39-45(43)47)57-33-27-21-15-9-3/h37-42H,7-36H2,1-6H3/i1D3,2D3,3D3,4D3,5D3,6D3,7D2,8D2,9D2,10D2,11D2,12D2,13D2,14D2,15D2,16D2,17D2,18D2,19D2,20D2,21D2,22D2,23D2,24D2,25D2,26D2,27D2,28D2,29D2,30D2,31D2,32D2,33D2,34D2,35D2,36D2. The molecule has 4 rings (SSSR count). The van der Waals surface area contributed by atoms with Crippen molar-refractivity contribution in [3.63, 3.8) is 0 Å². The molecule has 0 aliphatic heterocycles. The Morgan fingerprint density at radius 1 is 0.267 bits per heavy atom. The van der Waals surface area contributed by atoms with Crippen LogP contribution in [0.2, 0.25) is 0 Å². The van der Waals surface area contributed by atoms with Crippen LogP contribution in [-0.4, -0.2) is 39.4 Å². The molecule has 0 saturated carbocycles. The van der Waals surface area contributed by atoms with E-state index in [1.54, 1.807) is 0 Å². The van der Waals surface area contributed by atoms with Crippen LogP contribution in [0.25, 0.3) is 32.3 Å². The molecule has 4 aromatic carbocycles. The van der Waals surface area contributed by atoms with Gasteiger partial charge in [0.1, 0.15) is 0 Å². The first-order chi connectivity index (χ1) is 59.0. The number of ether oxygens (including phenoxy) is 6. The van der Waals surface area contributed by atoms with E-state index in [1.165, 1.54) is 0 Å². The second-order valence-corrected chi connectivity index (χ2v) is 9.76. The quantitative estimate of drug-likeness (QED) is 0.0424. The van der Waals surface area contributed by atoms with E-state index in [9.17, 15) is 0 Å². The summed E-state index contributed by atoms with van der Waals surface area (Å²) in [6, 6.07) is -1.37. The molecule has 0 aromatic heterocycles. The molecule has 0 N–H and O–H groups in total. The van der Waals surface area contributed by atoms with Gasteiger partial charge in [-0.3, -0.25) is 0 Å². The predicted octanol–water partition coefficient (Wildman–Crippen LogP) is 16.9. The van der Waals surface area contributed by atoms with Gasteiger partial charge in [0, 0.05) is 90.5 Å². The summed E-state index contributed by atoms with van der Waals surface area (Å²) < 4.78 is 692. The lowest BCUT2D eigenvalue weighted by molar-refractivity contribution is 0.259. The van der Waals surface area contributed by atoms with Crippen LogP contribution in [-0.2, 0) is 0 Å². The molecule has 4 aromatic rings. The molecule has 0 bridgehead atoms. The van der Waals surface area contributed by atoms with E-state index in [0.29, 0.717) is 0 Å². The van der Waals surface area contributed by atoms with Crippen LogP contribution in [0.3, 0.4) is 0 Å². The van der Waals surface area contributed by atoms with E-state index in [-0.39, 0.29) is 36.4 Å². The summed E-state index contributed by atoms with van der Waals surface area (Å²) in [6.07, 6.45) is -121. The zero-order chi connectivity index (χ0) is 111. The molecule has 6 nitrogen and oxygen atoms in total. The Labute approximate surface area is 475 Å². The van der Waals surface area contributed by atoms with E-state index in [2.05, 4.69) is 0 Å². The van der Waals surface area contributed by atoms with Crippen LogP contribution in [0.5, 0.6) is 34.5 Å². The molecule has 0 amide bonds. The van der Waals surface area contributed by atoms with Gasteiger partial charge < -0.3 is 28.4 Å². The van der Waals surface area contributed by atoms with Gasteiger partial charge in [0.2, 0.25) is 0 Å². The molecular weight excluding hydrogens is 745 g/mol. The van der Waals surface area contributed by atoms with Gasteiger partial charge in [-0.1, -0.05) is 156 Å². The molecule has 0 heterocycles. The number of hydrogen-bond acceptors (Lipinski definition) is 6. The minimum absolute atomic E-state index is 0.228. The van der Waals surface area contributed by atoms with E-state index < -0.39 is 300 Å². The molecule has 0 radical (unpaired) electrons. The second kappa shape index (κ2) is 29.7. The monoisotopic (exact) mass is 907 g/mol. The molecule has 0 spiro atoms. The summed E-state index contributed by atoms with van der Waals surface area (Å²) in [5.74, 6) is -13.6. The van der Waals surface area contributed by atoms with Crippen LogP contribution in [0.4, 0.5) is 0 Å². The van der Waals surface area contributed by atoms with Crippen molar-refractivity contribution >= 4 is 32.3 Å². The Balaban J connectivity index is 2.95. The Bertz CT molecular complexity index is 4300. The average Bonchev–Trinajstić information content (AvgIpc) is 0.724. The van der Waals surface area contributed by atoms with Crippen molar-refractivity contribution in [1.29, 1.82) is 0 Å². The van der Waals surface area contributed by atoms with Gasteiger partial charge in [0.25, 0.3) is 0 Å². The molecule has 6 heteroatoms. The molecular formula is C54H84O6. The normalized spacial score (nSPS) is 39.2. The van der Waals surface area contributed by atoms with Crippen LogP contribution < -0.4 is 28.4 Å². The molecule has 0 saturated heterocycles. The van der Waals surface area contributed by atoms with E-state index in [0.717, 1.165) is 0 Å². The fourth-order valence-corrected chi connectivity index (χ4v) is 4.51.